The summed E-state index contributed by atoms with van der Waals surface area (Å²) in [5.41, 5.74) is 5.15. The molecule has 2 aromatic carbocycles. The van der Waals surface area contributed by atoms with Gasteiger partial charge in [0.25, 0.3) is 0 Å². The lowest BCUT2D eigenvalue weighted by atomic mass is 10.0. The second-order valence-electron chi connectivity index (χ2n) is 7.95. The lowest BCUT2D eigenvalue weighted by molar-refractivity contribution is 0.171. The fourth-order valence-electron chi connectivity index (χ4n) is 4.21. The summed E-state index contributed by atoms with van der Waals surface area (Å²) in [6.45, 7) is 9.29. The van der Waals surface area contributed by atoms with Crippen molar-refractivity contribution in [3.8, 4) is 0 Å². The predicted octanol–water partition coefficient (Wildman–Crippen LogP) is 3.50. The van der Waals surface area contributed by atoms with Gasteiger partial charge in [0.2, 0.25) is 0 Å². The molecule has 164 valence electrons. The molecule has 1 unspecified atom stereocenters. The third-order valence-corrected chi connectivity index (χ3v) is 6.35. The third-order valence-electron chi connectivity index (χ3n) is 6.09. The number of nitrogens with zero attached hydrogens (tertiary/aromatic N) is 6. The minimum atomic E-state index is -0.0371. The fraction of sp³-hybridized carbons (Fsp3) is 0.435. The highest BCUT2D eigenvalue weighted by Crippen LogP contribution is 2.31. The van der Waals surface area contributed by atoms with Crippen LogP contribution in [0.25, 0.3) is 0 Å². The number of rotatable bonds is 7. The molecule has 1 aromatic heterocycles. The third kappa shape index (κ3) is 4.74. The summed E-state index contributed by atoms with van der Waals surface area (Å²) in [6.07, 6.45) is 0. The Morgan fingerprint density at radius 1 is 1.03 bits per heavy atom. The first-order chi connectivity index (χ1) is 15.1. The molecule has 8 heteroatoms. The summed E-state index contributed by atoms with van der Waals surface area (Å²) in [6, 6.07) is 14.5. The molecule has 0 spiro atoms. The number of aryl methyl sites for hydroxylation is 1. The maximum atomic E-state index is 6.16. The monoisotopic (exact) mass is 440 g/mol. The maximum Gasteiger partial charge on any atom is 0.173 e. The van der Waals surface area contributed by atoms with E-state index in [1.54, 1.807) is 7.11 Å². The zero-order chi connectivity index (χ0) is 21.8. The van der Waals surface area contributed by atoms with Crippen LogP contribution < -0.4 is 4.90 Å². The highest BCUT2D eigenvalue weighted by atomic mass is 35.5. The van der Waals surface area contributed by atoms with E-state index in [1.165, 1.54) is 16.8 Å². The van der Waals surface area contributed by atoms with Gasteiger partial charge in [-0.05, 0) is 59.2 Å². The van der Waals surface area contributed by atoms with Crippen LogP contribution >= 0.6 is 11.6 Å². The number of benzene rings is 2. The van der Waals surface area contributed by atoms with Crippen LogP contribution in [0, 0.1) is 13.8 Å². The number of aromatic nitrogens is 4. The van der Waals surface area contributed by atoms with Crippen molar-refractivity contribution in [2.75, 3.05) is 44.8 Å². The van der Waals surface area contributed by atoms with Gasteiger partial charge in [0, 0.05) is 44.0 Å². The van der Waals surface area contributed by atoms with Crippen molar-refractivity contribution in [3.05, 3.63) is 70.0 Å². The molecule has 1 atom stereocenters. The minimum absolute atomic E-state index is 0.0371. The van der Waals surface area contributed by atoms with Gasteiger partial charge < -0.3 is 9.64 Å². The highest BCUT2D eigenvalue weighted by molar-refractivity contribution is 6.30. The first-order valence-corrected chi connectivity index (χ1v) is 11.0. The molecule has 1 fully saturated rings. The molecular formula is C23H29ClN6O. The van der Waals surface area contributed by atoms with Crippen LogP contribution in [0.2, 0.25) is 5.02 Å². The van der Waals surface area contributed by atoms with Gasteiger partial charge in [0.05, 0.1) is 19.2 Å². The van der Waals surface area contributed by atoms with Crippen LogP contribution in [0.3, 0.4) is 0 Å². The first kappa shape index (κ1) is 21.7. The van der Waals surface area contributed by atoms with Crippen molar-refractivity contribution in [1.29, 1.82) is 0 Å². The van der Waals surface area contributed by atoms with Crippen molar-refractivity contribution in [2.24, 2.45) is 0 Å². The molecule has 2 heterocycles. The Bertz CT molecular complexity index is 998. The molecule has 0 saturated carbocycles. The van der Waals surface area contributed by atoms with Gasteiger partial charge in [0.1, 0.15) is 0 Å². The van der Waals surface area contributed by atoms with Gasteiger partial charge in [-0.15, -0.1) is 5.10 Å². The van der Waals surface area contributed by atoms with Gasteiger partial charge in [-0.2, -0.15) is 0 Å². The Balaban J connectivity index is 1.59. The molecule has 0 amide bonds. The molecule has 1 aliphatic heterocycles. The quantitative estimate of drug-likeness (QED) is 0.560. The van der Waals surface area contributed by atoms with Crippen LogP contribution in [0.15, 0.2) is 42.5 Å². The van der Waals surface area contributed by atoms with E-state index >= 15 is 0 Å². The van der Waals surface area contributed by atoms with E-state index in [4.69, 9.17) is 16.3 Å². The van der Waals surface area contributed by atoms with E-state index in [9.17, 15) is 0 Å². The average Bonchev–Trinajstić information content (AvgIpc) is 3.24. The van der Waals surface area contributed by atoms with E-state index in [0.29, 0.717) is 13.2 Å². The SMILES string of the molecule is COCCn1nnnc1C(c1ccc(Cl)cc1)N1CCN(c2cccc(C)c2C)CC1. The highest BCUT2D eigenvalue weighted by Gasteiger charge is 2.31. The Morgan fingerprint density at radius 2 is 1.77 bits per heavy atom. The Labute approximate surface area is 188 Å². The average molecular weight is 441 g/mol. The number of halogens is 1. The summed E-state index contributed by atoms with van der Waals surface area (Å²) in [4.78, 5) is 4.94. The Hall–Kier alpha value is -2.48. The molecule has 1 saturated heterocycles. The Morgan fingerprint density at radius 3 is 2.48 bits per heavy atom. The second kappa shape index (κ2) is 9.77. The van der Waals surface area contributed by atoms with Gasteiger partial charge in [-0.25, -0.2) is 4.68 Å². The van der Waals surface area contributed by atoms with Crippen molar-refractivity contribution < 1.29 is 4.74 Å². The van der Waals surface area contributed by atoms with E-state index in [0.717, 1.165) is 42.6 Å². The zero-order valence-electron chi connectivity index (χ0n) is 18.3. The number of hydrogen-bond acceptors (Lipinski definition) is 6. The standard InChI is InChI=1S/C23H29ClN6O/c1-17-5-4-6-21(18(17)2)28-11-13-29(14-12-28)22(19-7-9-20(24)10-8-19)23-25-26-27-30(23)15-16-31-3/h4-10,22H,11-16H2,1-3H3. The molecule has 1 aliphatic rings. The van der Waals surface area contributed by atoms with Gasteiger partial charge >= 0.3 is 0 Å². The normalized spacial score (nSPS) is 15.9. The van der Waals surface area contributed by atoms with Crippen molar-refractivity contribution >= 4 is 17.3 Å². The largest absolute Gasteiger partial charge is 0.383 e. The second-order valence-corrected chi connectivity index (χ2v) is 8.39. The number of tetrazole rings is 1. The predicted molar refractivity (Wildman–Crippen MR) is 123 cm³/mol. The number of methoxy groups -OCH3 is 1. The Kier molecular flexibility index (Phi) is 6.85. The summed E-state index contributed by atoms with van der Waals surface area (Å²) in [7, 11) is 1.69. The lowest BCUT2D eigenvalue weighted by Crippen LogP contribution is -2.48. The number of piperazine rings is 1. The van der Waals surface area contributed by atoms with E-state index in [1.807, 2.05) is 16.8 Å². The zero-order valence-corrected chi connectivity index (χ0v) is 19.1. The van der Waals surface area contributed by atoms with Crippen molar-refractivity contribution in [1.82, 2.24) is 25.1 Å². The topological polar surface area (TPSA) is 59.3 Å². The molecule has 7 nitrogen and oxygen atoms in total. The molecule has 0 N–H and O–H groups in total. The minimum Gasteiger partial charge on any atom is -0.383 e. The van der Waals surface area contributed by atoms with Crippen LogP contribution in [0.4, 0.5) is 5.69 Å². The molecule has 0 aliphatic carbocycles. The summed E-state index contributed by atoms with van der Waals surface area (Å²) in [5, 5.41) is 13.3. The molecular weight excluding hydrogens is 412 g/mol. The number of ether oxygens (including phenoxy) is 1. The molecule has 31 heavy (non-hydrogen) atoms. The number of anilines is 1. The van der Waals surface area contributed by atoms with Crippen molar-refractivity contribution in [3.63, 3.8) is 0 Å². The fourth-order valence-corrected chi connectivity index (χ4v) is 4.34. The molecule has 0 radical (unpaired) electrons. The van der Waals surface area contributed by atoms with Crippen LogP contribution in [0.1, 0.15) is 28.6 Å². The van der Waals surface area contributed by atoms with Crippen LogP contribution in [-0.2, 0) is 11.3 Å². The van der Waals surface area contributed by atoms with Crippen LogP contribution in [0.5, 0.6) is 0 Å². The van der Waals surface area contributed by atoms with Crippen LogP contribution in [-0.4, -0.2) is 65.0 Å². The smallest absolute Gasteiger partial charge is 0.173 e. The molecule has 0 bridgehead atoms. The summed E-state index contributed by atoms with van der Waals surface area (Å²) in [5.74, 6) is 0.833. The van der Waals surface area contributed by atoms with E-state index in [-0.39, 0.29) is 6.04 Å². The maximum absolute atomic E-state index is 6.16. The lowest BCUT2D eigenvalue weighted by Gasteiger charge is -2.40. The van der Waals surface area contributed by atoms with Gasteiger partial charge in [0.15, 0.2) is 5.82 Å². The van der Waals surface area contributed by atoms with Gasteiger partial charge in [-0.3, -0.25) is 4.90 Å². The van der Waals surface area contributed by atoms with Gasteiger partial charge in [-0.1, -0.05) is 35.9 Å². The van der Waals surface area contributed by atoms with Crippen molar-refractivity contribution in [2.45, 2.75) is 26.4 Å². The molecule has 3 aromatic rings. The summed E-state index contributed by atoms with van der Waals surface area (Å²) >= 11 is 6.16. The van der Waals surface area contributed by atoms with E-state index in [2.05, 4.69) is 69.5 Å². The molecule has 4 rings (SSSR count). The summed E-state index contributed by atoms with van der Waals surface area (Å²) < 4.78 is 7.09. The first-order valence-electron chi connectivity index (χ1n) is 10.6. The van der Waals surface area contributed by atoms with E-state index < -0.39 is 0 Å². The number of hydrogen-bond donors (Lipinski definition) is 0.